The molecule has 1 N–H and O–H groups in total. The number of nitro benzene ring substituents is 1. The van der Waals surface area contributed by atoms with Crippen LogP contribution in [-0.2, 0) is 14.8 Å². The van der Waals surface area contributed by atoms with E-state index in [1.165, 1.54) is 12.1 Å². The first-order valence-corrected chi connectivity index (χ1v) is 10.2. The van der Waals surface area contributed by atoms with Crippen molar-refractivity contribution in [1.82, 2.24) is 9.31 Å². The number of amides is 1. The molecule has 1 aromatic carbocycles. The van der Waals surface area contributed by atoms with Crippen LogP contribution >= 0.6 is 0 Å². The standard InChI is InChI=1S/C16H17F3N4O6S/c17-16(18,19)15(25)6-7-20-22(15)14(24)11-4-8-21(9-5-11)30(28,29)13-3-1-2-12(10-13)23(26)27/h1-3,7,10-11,25H,4-6,8-9H2/t15-/m0/s1. The van der Waals surface area contributed by atoms with Crippen molar-refractivity contribution in [3.63, 3.8) is 0 Å². The lowest BCUT2D eigenvalue weighted by atomic mass is 9.96. The summed E-state index contributed by atoms with van der Waals surface area (Å²) in [5.41, 5.74) is -3.82. The van der Waals surface area contributed by atoms with Crippen molar-refractivity contribution in [2.24, 2.45) is 11.0 Å². The maximum Gasteiger partial charge on any atom is 0.438 e. The van der Waals surface area contributed by atoms with Crippen LogP contribution in [0.25, 0.3) is 0 Å². The highest BCUT2D eigenvalue weighted by Gasteiger charge is 2.62. The van der Waals surface area contributed by atoms with Gasteiger partial charge in [-0.1, -0.05) is 6.07 Å². The number of carbonyl (C=O) groups excluding carboxylic acids is 1. The van der Waals surface area contributed by atoms with Gasteiger partial charge in [0.05, 0.1) is 9.82 Å². The van der Waals surface area contributed by atoms with Crippen LogP contribution in [-0.4, -0.2) is 64.9 Å². The number of aliphatic hydroxyl groups is 1. The zero-order valence-corrected chi connectivity index (χ0v) is 16.1. The molecule has 1 atom stereocenters. The molecule has 1 amide bonds. The highest BCUT2D eigenvalue weighted by molar-refractivity contribution is 7.89. The van der Waals surface area contributed by atoms with Gasteiger partial charge < -0.3 is 5.11 Å². The molecule has 3 rings (SSSR count). The van der Waals surface area contributed by atoms with E-state index in [9.17, 15) is 41.6 Å². The Kier molecular flexibility index (Phi) is 5.60. The van der Waals surface area contributed by atoms with Gasteiger partial charge in [-0.05, 0) is 18.9 Å². The Morgan fingerprint density at radius 2 is 1.93 bits per heavy atom. The Morgan fingerprint density at radius 1 is 1.30 bits per heavy atom. The smallest absolute Gasteiger partial charge is 0.362 e. The van der Waals surface area contributed by atoms with Gasteiger partial charge in [0.2, 0.25) is 15.9 Å². The van der Waals surface area contributed by atoms with E-state index >= 15 is 0 Å². The van der Waals surface area contributed by atoms with Gasteiger partial charge in [0.1, 0.15) is 0 Å². The van der Waals surface area contributed by atoms with E-state index < -0.39 is 50.8 Å². The highest BCUT2D eigenvalue weighted by Crippen LogP contribution is 2.40. The number of hydrogen-bond acceptors (Lipinski definition) is 7. The fraction of sp³-hybridized carbons (Fsp3) is 0.500. The van der Waals surface area contributed by atoms with Crippen molar-refractivity contribution in [2.45, 2.75) is 36.1 Å². The van der Waals surface area contributed by atoms with Gasteiger partial charge in [-0.25, -0.2) is 8.42 Å². The van der Waals surface area contributed by atoms with Gasteiger partial charge in [0.15, 0.2) is 0 Å². The van der Waals surface area contributed by atoms with E-state index in [4.69, 9.17) is 0 Å². The predicted octanol–water partition coefficient (Wildman–Crippen LogP) is 1.46. The number of non-ortho nitro benzene ring substituents is 1. The van der Waals surface area contributed by atoms with E-state index in [1.807, 2.05) is 0 Å². The quantitative estimate of drug-likeness (QED) is 0.545. The number of piperidine rings is 1. The summed E-state index contributed by atoms with van der Waals surface area (Å²) in [6.07, 6.45) is -5.37. The molecule has 0 spiro atoms. The molecule has 0 aromatic heterocycles. The molecule has 1 saturated heterocycles. The summed E-state index contributed by atoms with van der Waals surface area (Å²) in [5, 5.41) is 24.1. The van der Waals surface area contributed by atoms with Crippen LogP contribution in [0.2, 0.25) is 0 Å². The third-order valence-corrected chi connectivity index (χ3v) is 6.95. The SMILES string of the molecule is O=C(C1CCN(S(=O)(=O)c2cccc([N+](=O)[O-])c2)CC1)N1N=CC[C@]1(O)C(F)(F)F. The van der Waals surface area contributed by atoms with Gasteiger partial charge in [-0.15, -0.1) is 0 Å². The number of alkyl halides is 3. The van der Waals surface area contributed by atoms with E-state index in [0.717, 1.165) is 22.7 Å². The van der Waals surface area contributed by atoms with Crippen LogP contribution in [0.5, 0.6) is 0 Å². The Balaban J connectivity index is 1.72. The Morgan fingerprint density at radius 3 is 2.50 bits per heavy atom. The summed E-state index contributed by atoms with van der Waals surface area (Å²) in [6.45, 7) is -0.354. The first kappa shape index (κ1) is 22.1. The number of nitro groups is 1. The molecule has 164 valence electrons. The minimum absolute atomic E-state index is 0.0163. The number of rotatable bonds is 4. The average Bonchev–Trinajstić information content (AvgIpc) is 3.10. The third-order valence-electron chi connectivity index (χ3n) is 5.06. The highest BCUT2D eigenvalue weighted by atomic mass is 32.2. The second-order valence-electron chi connectivity index (χ2n) is 6.90. The maximum absolute atomic E-state index is 13.2. The van der Waals surface area contributed by atoms with Crippen LogP contribution in [0.15, 0.2) is 34.3 Å². The van der Waals surface area contributed by atoms with Crippen molar-refractivity contribution in [3.8, 4) is 0 Å². The fourth-order valence-electron chi connectivity index (χ4n) is 3.33. The van der Waals surface area contributed by atoms with Crippen LogP contribution in [0.1, 0.15) is 19.3 Å². The molecule has 0 saturated carbocycles. The summed E-state index contributed by atoms with van der Waals surface area (Å²) in [6, 6.07) is 4.48. The van der Waals surface area contributed by atoms with E-state index in [0.29, 0.717) is 0 Å². The second-order valence-corrected chi connectivity index (χ2v) is 8.84. The van der Waals surface area contributed by atoms with Crippen molar-refractivity contribution in [2.75, 3.05) is 13.1 Å². The molecule has 2 aliphatic rings. The molecular formula is C16H17F3N4O6S. The molecule has 30 heavy (non-hydrogen) atoms. The second kappa shape index (κ2) is 7.59. The lowest BCUT2D eigenvalue weighted by Crippen LogP contribution is -2.58. The summed E-state index contributed by atoms with van der Waals surface area (Å²) >= 11 is 0. The average molecular weight is 450 g/mol. The number of hydrazone groups is 1. The number of benzene rings is 1. The number of halogens is 3. The fourth-order valence-corrected chi connectivity index (χ4v) is 4.84. The molecule has 14 heteroatoms. The normalized spacial score (nSPS) is 23.7. The van der Waals surface area contributed by atoms with Crippen LogP contribution in [0, 0.1) is 16.0 Å². The molecular weight excluding hydrogens is 433 g/mol. The van der Waals surface area contributed by atoms with Gasteiger partial charge in [0.25, 0.3) is 11.4 Å². The molecule has 0 unspecified atom stereocenters. The van der Waals surface area contributed by atoms with Gasteiger partial charge in [-0.3, -0.25) is 14.9 Å². The zero-order valence-electron chi connectivity index (χ0n) is 15.3. The topological polar surface area (TPSA) is 133 Å². The first-order chi connectivity index (χ1) is 13.9. The number of sulfonamides is 1. The molecule has 0 radical (unpaired) electrons. The number of nitrogens with zero attached hydrogens (tertiary/aromatic N) is 4. The van der Waals surface area contributed by atoms with E-state index in [1.54, 1.807) is 0 Å². The van der Waals surface area contributed by atoms with Gasteiger partial charge >= 0.3 is 6.18 Å². The van der Waals surface area contributed by atoms with E-state index in [2.05, 4.69) is 5.10 Å². The zero-order chi connectivity index (χ0) is 22.3. The lowest BCUT2D eigenvalue weighted by Gasteiger charge is -2.36. The Labute approximate surface area is 168 Å². The largest absolute Gasteiger partial charge is 0.438 e. The molecule has 0 bridgehead atoms. The maximum atomic E-state index is 13.2. The molecule has 10 nitrogen and oxygen atoms in total. The number of hydrogen-bond donors (Lipinski definition) is 1. The van der Waals surface area contributed by atoms with Crippen LogP contribution < -0.4 is 0 Å². The van der Waals surface area contributed by atoms with Crippen molar-refractivity contribution >= 4 is 27.8 Å². The van der Waals surface area contributed by atoms with Crippen molar-refractivity contribution in [3.05, 3.63) is 34.4 Å². The monoisotopic (exact) mass is 450 g/mol. The Bertz CT molecular complexity index is 991. The van der Waals surface area contributed by atoms with Gasteiger partial charge in [-0.2, -0.15) is 27.6 Å². The van der Waals surface area contributed by atoms with Crippen LogP contribution in [0.4, 0.5) is 18.9 Å². The van der Waals surface area contributed by atoms with Crippen molar-refractivity contribution < 1.29 is 36.4 Å². The molecule has 0 aliphatic carbocycles. The molecule has 1 fully saturated rings. The minimum Gasteiger partial charge on any atom is -0.362 e. The molecule has 2 aliphatic heterocycles. The van der Waals surface area contributed by atoms with Crippen LogP contribution in [0.3, 0.4) is 0 Å². The Hall–Kier alpha value is -2.58. The van der Waals surface area contributed by atoms with E-state index in [-0.39, 0.29) is 35.8 Å². The number of carbonyl (C=O) groups is 1. The summed E-state index contributed by atoms with van der Waals surface area (Å²) in [5.74, 6) is -2.01. The van der Waals surface area contributed by atoms with Crippen molar-refractivity contribution in [1.29, 1.82) is 0 Å². The predicted molar refractivity (Wildman–Crippen MR) is 95.5 cm³/mol. The molecule has 2 heterocycles. The van der Waals surface area contributed by atoms with Gasteiger partial charge in [0, 0.05) is 43.8 Å². The molecule has 1 aromatic rings. The lowest BCUT2D eigenvalue weighted by molar-refractivity contribution is -0.385. The minimum atomic E-state index is -5.11. The first-order valence-electron chi connectivity index (χ1n) is 8.78. The summed E-state index contributed by atoms with van der Waals surface area (Å²) in [7, 11) is -4.09. The summed E-state index contributed by atoms with van der Waals surface area (Å²) < 4.78 is 65.9. The third kappa shape index (κ3) is 3.77. The summed E-state index contributed by atoms with van der Waals surface area (Å²) in [4.78, 5) is 22.4.